The SMILES string of the molecule is CCNC(=S)NC(=O)C=Cc1ccc(C)cc1. The zero-order valence-corrected chi connectivity index (χ0v) is 10.8. The average Bonchev–Trinajstić information content (AvgIpc) is 2.28. The van der Waals surface area contributed by atoms with Gasteiger partial charge in [-0.2, -0.15) is 0 Å². The van der Waals surface area contributed by atoms with Gasteiger partial charge in [-0.25, -0.2) is 0 Å². The fourth-order valence-electron chi connectivity index (χ4n) is 1.21. The van der Waals surface area contributed by atoms with Crippen molar-refractivity contribution in [2.24, 2.45) is 0 Å². The standard InChI is InChI=1S/C13H16N2OS/c1-3-14-13(17)15-12(16)9-8-11-6-4-10(2)5-7-11/h4-9H,3H2,1-2H3,(H2,14,15,16,17). The molecule has 1 aromatic rings. The third-order valence-electron chi connectivity index (χ3n) is 2.08. The summed E-state index contributed by atoms with van der Waals surface area (Å²) in [5, 5.41) is 5.76. The fourth-order valence-corrected chi connectivity index (χ4v) is 1.45. The van der Waals surface area contributed by atoms with Gasteiger partial charge in [0.2, 0.25) is 5.91 Å². The number of benzene rings is 1. The zero-order chi connectivity index (χ0) is 12.7. The molecule has 0 saturated carbocycles. The Morgan fingerprint density at radius 3 is 2.59 bits per heavy atom. The molecule has 0 heterocycles. The van der Waals surface area contributed by atoms with Crippen LogP contribution in [0.1, 0.15) is 18.1 Å². The van der Waals surface area contributed by atoms with E-state index in [2.05, 4.69) is 10.6 Å². The van der Waals surface area contributed by atoms with Crippen LogP contribution in [-0.2, 0) is 4.79 Å². The number of rotatable bonds is 3. The van der Waals surface area contributed by atoms with Gasteiger partial charge in [0.05, 0.1) is 0 Å². The van der Waals surface area contributed by atoms with Crippen molar-refractivity contribution in [3.8, 4) is 0 Å². The van der Waals surface area contributed by atoms with E-state index in [1.165, 1.54) is 11.6 Å². The molecule has 0 fully saturated rings. The first-order valence-corrected chi connectivity index (χ1v) is 5.86. The van der Waals surface area contributed by atoms with Crippen LogP contribution in [0.4, 0.5) is 0 Å². The minimum absolute atomic E-state index is 0.225. The third-order valence-corrected chi connectivity index (χ3v) is 2.32. The Morgan fingerprint density at radius 1 is 1.35 bits per heavy atom. The summed E-state index contributed by atoms with van der Waals surface area (Å²) < 4.78 is 0. The molecule has 17 heavy (non-hydrogen) atoms. The lowest BCUT2D eigenvalue weighted by Gasteiger charge is -2.04. The van der Waals surface area contributed by atoms with E-state index in [1.54, 1.807) is 6.08 Å². The fraction of sp³-hybridized carbons (Fsp3) is 0.231. The van der Waals surface area contributed by atoms with E-state index in [4.69, 9.17) is 12.2 Å². The summed E-state index contributed by atoms with van der Waals surface area (Å²) >= 11 is 4.90. The van der Waals surface area contributed by atoms with Gasteiger partial charge in [-0.3, -0.25) is 10.1 Å². The molecule has 0 bridgehead atoms. The highest BCUT2D eigenvalue weighted by Crippen LogP contribution is 2.04. The molecule has 0 unspecified atom stereocenters. The lowest BCUT2D eigenvalue weighted by Crippen LogP contribution is -2.38. The second kappa shape index (κ2) is 6.81. The van der Waals surface area contributed by atoms with E-state index in [0.717, 1.165) is 5.56 Å². The molecule has 90 valence electrons. The van der Waals surface area contributed by atoms with Gasteiger partial charge in [0.25, 0.3) is 0 Å². The maximum Gasteiger partial charge on any atom is 0.250 e. The largest absolute Gasteiger partial charge is 0.363 e. The van der Waals surface area contributed by atoms with Crippen molar-refractivity contribution in [2.45, 2.75) is 13.8 Å². The number of hydrogen-bond donors (Lipinski definition) is 2. The van der Waals surface area contributed by atoms with E-state index in [9.17, 15) is 4.79 Å². The Hall–Kier alpha value is -1.68. The lowest BCUT2D eigenvalue weighted by molar-refractivity contribution is -0.115. The summed E-state index contributed by atoms with van der Waals surface area (Å²) in [6.07, 6.45) is 3.22. The Kier molecular flexibility index (Phi) is 5.36. The van der Waals surface area contributed by atoms with Crippen molar-refractivity contribution in [2.75, 3.05) is 6.54 Å². The Morgan fingerprint density at radius 2 is 2.00 bits per heavy atom. The van der Waals surface area contributed by atoms with E-state index in [1.807, 2.05) is 38.1 Å². The van der Waals surface area contributed by atoms with Crippen molar-refractivity contribution < 1.29 is 4.79 Å². The number of hydrogen-bond acceptors (Lipinski definition) is 2. The molecule has 1 rings (SSSR count). The molecule has 0 aliphatic rings. The molecule has 0 aliphatic heterocycles. The van der Waals surface area contributed by atoms with Gasteiger partial charge < -0.3 is 5.32 Å². The summed E-state index contributed by atoms with van der Waals surface area (Å²) in [4.78, 5) is 11.4. The zero-order valence-electron chi connectivity index (χ0n) is 9.99. The van der Waals surface area contributed by atoms with Gasteiger partial charge in [-0.05, 0) is 37.7 Å². The second-order valence-corrected chi connectivity index (χ2v) is 4.00. The molecule has 0 aromatic heterocycles. The summed E-state index contributed by atoms with van der Waals surface area (Å²) in [7, 11) is 0. The van der Waals surface area contributed by atoms with Gasteiger partial charge in [-0.15, -0.1) is 0 Å². The van der Waals surface area contributed by atoms with Crippen LogP contribution in [-0.4, -0.2) is 17.6 Å². The first kappa shape index (κ1) is 13.4. The van der Waals surface area contributed by atoms with E-state index in [0.29, 0.717) is 11.7 Å². The Balaban J connectivity index is 2.50. The highest BCUT2D eigenvalue weighted by atomic mass is 32.1. The first-order valence-electron chi connectivity index (χ1n) is 5.45. The van der Waals surface area contributed by atoms with Crippen LogP contribution in [0.25, 0.3) is 6.08 Å². The summed E-state index contributed by atoms with van der Waals surface area (Å²) in [5.41, 5.74) is 2.18. The second-order valence-electron chi connectivity index (χ2n) is 3.59. The predicted octanol–water partition coefficient (Wildman–Crippen LogP) is 2.02. The maximum atomic E-state index is 11.4. The summed E-state index contributed by atoms with van der Waals surface area (Å²) in [6, 6.07) is 7.92. The topological polar surface area (TPSA) is 41.1 Å². The number of aryl methyl sites for hydroxylation is 1. The van der Waals surface area contributed by atoms with Gasteiger partial charge in [0, 0.05) is 12.6 Å². The van der Waals surface area contributed by atoms with Crippen molar-refractivity contribution in [1.82, 2.24) is 10.6 Å². The molecular weight excluding hydrogens is 232 g/mol. The summed E-state index contributed by atoms with van der Waals surface area (Å²) in [5.74, 6) is -0.225. The molecule has 4 heteroatoms. The maximum absolute atomic E-state index is 11.4. The van der Waals surface area contributed by atoms with Crippen LogP contribution in [0.2, 0.25) is 0 Å². The molecule has 0 saturated heterocycles. The number of carbonyl (C=O) groups excluding carboxylic acids is 1. The van der Waals surface area contributed by atoms with E-state index in [-0.39, 0.29) is 5.91 Å². The predicted molar refractivity (Wildman–Crippen MR) is 74.6 cm³/mol. The van der Waals surface area contributed by atoms with Crippen molar-refractivity contribution >= 4 is 29.3 Å². The Labute approximate surface area is 107 Å². The molecule has 0 atom stereocenters. The summed E-state index contributed by atoms with van der Waals surface area (Å²) in [6.45, 7) is 4.64. The molecular formula is C13H16N2OS. The number of nitrogens with one attached hydrogen (secondary N) is 2. The normalized spacial score (nSPS) is 10.2. The van der Waals surface area contributed by atoms with Gasteiger partial charge in [-0.1, -0.05) is 29.8 Å². The lowest BCUT2D eigenvalue weighted by atomic mass is 10.1. The van der Waals surface area contributed by atoms with Crippen molar-refractivity contribution in [3.05, 3.63) is 41.5 Å². The highest BCUT2D eigenvalue weighted by molar-refractivity contribution is 7.80. The van der Waals surface area contributed by atoms with Gasteiger partial charge in [0.15, 0.2) is 5.11 Å². The third kappa shape index (κ3) is 5.26. The molecule has 2 N–H and O–H groups in total. The molecule has 0 spiro atoms. The average molecular weight is 248 g/mol. The van der Waals surface area contributed by atoms with Gasteiger partial charge >= 0.3 is 0 Å². The van der Waals surface area contributed by atoms with Crippen LogP contribution < -0.4 is 10.6 Å². The molecule has 3 nitrogen and oxygen atoms in total. The van der Waals surface area contributed by atoms with E-state index >= 15 is 0 Å². The van der Waals surface area contributed by atoms with E-state index < -0.39 is 0 Å². The minimum Gasteiger partial charge on any atom is -0.363 e. The molecule has 0 radical (unpaired) electrons. The molecule has 1 aromatic carbocycles. The number of amides is 1. The molecule has 0 aliphatic carbocycles. The van der Waals surface area contributed by atoms with Crippen molar-refractivity contribution in [1.29, 1.82) is 0 Å². The van der Waals surface area contributed by atoms with Crippen LogP contribution >= 0.6 is 12.2 Å². The van der Waals surface area contributed by atoms with Crippen LogP contribution in [0.3, 0.4) is 0 Å². The van der Waals surface area contributed by atoms with Crippen LogP contribution in [0, 0.1) is 6.92 Å². The highest BCUT2D eigenvalue weighted by Gasteiger charge is 1.98. The monoisotopic (exact) mass is 248 g/mol. The van der Waals surface area contributed by atoms with Crippen LogP contribution in [0.5, 0.6) is 0 Å². The first-order chi connectivity index (χ1) is 8.11. The van der Waals surface area contributed by atoms with Crippen molar-refractivity contribution in [3.63, 3.8) is 0 Å². The smallest absolute Gasteiger partial charge is 0.250 e. The Bertz CT molecular complexity index is 424. The van der Waals surface area contributed by atoms with Gasteiger partial charge in [0.1, 0.15) is 0 Å². The van der Waals surface area contributed by atoms with Crippen LogP contribution in [0.15, 0.2) is 30.3 Å². The quantitative estimate of drug-likeness (QED) is 0.635. The number of thiocarbonyl (C=S) groups is 1. The number of carbonyl (C=O) groups is 1. The molecule has 1 amide bonds. The minimum atomic E-state index is -0.225.